The van der Waals surface area contributed by atoms with Crippen LogP contribution in [0.4, 0.5) is 0 Å². The number of hydrogen-bond acceptors (Lipinski definition) is 3. The van der Waals surface area contributed by atoms with E-state index < -0.39 is 7.82 Å². The van der Waals surface area contributed by atoms with Crippen LogP contribution in [-0.4, -0.2) is 9.79 Å². The zero-order valence-electron chi connectivity index (χ0n) is 12.8. The maximum atomic E-state index is 10.7. The molecule has 114 valence electrons. The highest BCUT2D eigenvalue weighted by Gasteiger charge is 2.25. The summed E-state index contributed by atoms with van der Waals surface area (Å²) >= 11 is 0. The minimum Gasteiger partial charge on any atom is -0.327 e. The molecule has 6 heteroatoms. The van der Waals surface area contributed by atoms with Crippen molar-refractivity contribution < 1.29 is 23.9 Å². The largest absolute Gasteiger partial charge is 0.505 e. The minimum atomic E-state index is -4.67. The zero-order valence-corrected chi connectivity index (χ0v) is 13.7. The van der Waals surface area contributed by atoms with Crippen LogP contribution in [0.25, 0.3) is 0 Å². The van der Waals surface area contributed by atoms with Gasteiger partial charge in [0.25, 0.3) is 0 Å². The molecule has 0 spiro atoms. The van der Waals surface area contributed by atoms with Gasteiger partial charge in [0.05, 0.1) is 0 Å². The fourth-order valence-corrected chi connectivity index (χ4v) is 1.92. The number of hydrogen-bond donors (Lipinski definition) is 2. The van der Waals surface area contributed by atoms with Gasteiger partial charge in [0.2, 0.25) is 0 Å². The Hall–Kier alpha value is -0.870. The Morgan fingerprint density at radius 3 is 1.95 bits per heavy atom. The van der Waals surface area contributed by atoms with Crippen LogP contribution in [-0.2, 0) is 20.1 Å². The molecule has 0 heterocycles. The van der Waals surface area contributed by atoms with E-state index in [-0.39, 0.29) is 10.8 Å². The molecule has 2 N–H and O–H groups in total. The molecule has 0 atom stereocenters. The van der Waals surface area contributed by atoms with Gasteiger partial charge in [-0.2, -0.15) is 0 Å². The predicted molar refractivity (Wildman–Crippen MR) is 77.6 cm³/mol. The number of phosphoric acid groups is 1. The first-order chi connectivity index (χ1) is 8.81. The van der Waals surface area contributed by atoms with Gasteiger partial charge < -0.3 is 14.7 Å². The van der Waals surface area contributed by atoms with Crippen molar-refractivity contribution in [2.75, 3.05) is 0 Å². The molecule has 0 unspecified atom stereocenters. The van der Waals surface area contributed by atoms with Crippen molar-refractivity contribution in [3.8, 4) is 5.75 Å². The van der Waals surface area contributed by atoms with Gasteiger partial charge in [0.1, 0.15) is 0 Å². The third kappa shape index (κ3) is 4.91. The van der Waals surface area contributed by atoms with Crippen molar-refractivity contribution in [3.63, 3.8) is 0 Å². The molecule has 1 rings (SSSR count). The summed E-state index contributed by atoms with van der Waals surface area (Å²) in [4.78, 5) is 22.3. The molecule has 0 saturated heterocycles. The van der Waals surface area contributed by atoms with Gasteiger partial charge in [0, 0.05) is 5.56 Å². The highest BCUT2D eigenvalue weighted by atomic mass is 31.2. The second kappa shape index (κ2) is 5.49. The average molecular weight is 302 g/mol. The van der Waals surface area contributed by atoms with E-state index in [1.807, 2.05) is 32.9 Å². The Kier molecular flexibility index (Phi) is 4.72. The monoisotopic (exact) mass is 302 g/mol. The summed E-state index contributed by atoms with van der Waals surface area (Å²) in [5, 5.41) is 0. The van der Waals surface area contributed by atoms with Crippen LogP contribution in [0.15, 0.2) is 18.2 Å². The summed E-state index contributed by atoms with van der Waals surface area (Å²) < 4.78 is 14.9. The maximum Gasteiger partial charge on any atom is 0.505 e. The average Bonchev–Trinajstić information content (AvgIpc) is 2.22. The Morgan fingerprint density at radius 2 is 1.55 bits per heavy atom. The second-order valence-electron chi connectivity index (χ2n) is 6.86. The van der Waals surface area contributed by atoms with Gasteiger partial charge in [-0.1, -0.05) is 58.3 Å². The Bertz CT molecular complexity index is 519. The molecule has 1 aromatic carbocycles. The van der Waals surface area contributed by atoms with Crippen LogP contribution >= 0.6 is 7.82 Å². The van der Waals surface area contributed by atoms with Gasteiger partial charge in [-0.05, 0) is 22.5 Å². The Morgan fingerprint density at radius 1 is 1.00 bits per heavy atom. The van der Waals surface area contributed by atoms with E-state index >= 15 is 0 Å². The van der Waals surface area contributed by atoms with Gasteiger partial charge in [0.15, 0.2) is 5.75 Å². The molecule has 0 aromatic heterocycles. The molecule has 0 radical (unpaired) electrons. The molecule has 0 aliphatic carbocycles. The molecule has 0 bridgehead atoms. The SMILES string of the molecule is CC(C)(C)c1ccc(OOP(=O)(O)O)c(C(C)(C)C)c1. The molecule has 5 nitrogen and oxygen atoms in total. The summed E-state index contributed by atoms with van der Waals surface area (Å²) in [5.74, 6) is 0.314. The highest BCUT2D eigenvalue weighted by Crippen LogP contribution is 2.40. The van der Waals surface area contributed by atoms with Crippen LogP contribution in [0.1, 0.15) is 52.7 Å². The number of benzene rings is 1. The third-order valence-electron chi connectivity index (χ3n) is 2.88. The third-order valence-corrected chi connectivity index (χ3v) is 3.15. The maximum absolute atomic E-state index is 10.7. The van der Waals surface area contributed by atoms with Gasteiger partial charge in [-0.3, -0.25) is 0 Å². The van der Waals surface area contributed by atoms with Crippen LogP contribution in [0.3, 0.4) is 0 Å². The second-order valence-corrected chi connectivity index (χ2v) is 7.99. The highest BCUT2D eigenvalue weighted by molar-refractivity contribution is 7.46. The van der Waals surface area contributed by atoms with Crippen molar-refractivity contribution in [2.24, 2.45) is 0 Å². The smallest absolute Gasteiger partial charge is 0.327 e. The van der Waals surface area contributed by atoms with Crippen LogP contribution < -0.4 is 4.89 Å². The van der Waals surface area contributed by atoms with E-state index in [0.717, 1.165) is 11.1 Å². The van der Waals surface area contributed by atoms with Gasteiger partial charge in [-0.25, -0.2) is 4.57 Å². The lowest BCUT2D eigenvalue weighted by atomic mass is 9.80. The summed E-state index contributed by atoms with van der Waals surface area (Å²) in [5.41, 5.74) is 1.68. The van der Waals surface area contributed by atoms with Crippen LogP contribution in [0.2, 0.25) is 0 Å². The molecule has 0 amide bonds. The quantitative estimate of drug-likeness (QED) is 0.506. The van der Waals surface area contributed by atoms with E-state index in [1.54, 1.807) is 6.07 Å². The fraction of sp³-hybridized carbons (Fsp3) is 0.571. The molecule has 0 aliphatic heterocycles. The van der Waals surface area contributed by atoms with E-state index in [0.29, 0.717) is 5.75 Å². The summed E-state index contributed by atoms with van der Waals surface area (Å²) in [7, 11) is -4.67. The summed E-state index contributed by atoms with van der Waals surface area (Å²) in [6.45, 7) is 12.3. The summed E-state index contributed by atoms with van der Waals surface area (Å²) in [6, 6.07) is 5.53. The van der Waals surface area contributed by atoms with Crippen LogP contribution in [0.5, 0.6) is 5.75 Å². The Labute approximate surface area is 120 Å². The van der Waals surface area contributed by atoms with E-state index in [2.05, 4.69) is 25.4 Å². The molecule has 0 fully saturated rings. The minimum absolute atomic E-state index is 0.0252. The van der Waals surface area contributed by atoms with Gasteiger partial charge >= 0.3 is 7.82 Å². The van der Waals surface area contributed by atoms with Crippen molar-refractivity contribution in [1.29, 1.82) is 0 Å². The Balaban J connectivity index is 3.22. The topological polar surface area (TPSA) is 76.0 Å². The van der Waals surface area contributed by atoms with Crippen molar-refractivity contribution in [2.45, 2.75) is 52.4 Å². The number of rotatable bonds is 3. The zero-order chi connectivity index (χ0) is 15.8. The van der Waals surface area contributed by atoms with E-state index in [4.69, 9.17) is 14.7 Å². The fourth-order valence-electron chi connectivity index (χ4n) is 1.74. The van der Waals surface area contributed by atoms with E-state index in [9.17, 15) is 4.57 Å². The van der Waals surface area contributed by atoms with Crippen molar-refractivity contribution >= 4 is 7.82 Å². The molecule has 0 aliphatic rings. The predicted octanol–water partition coefficient (Wildman–Crippen LogP) is 3.68. The lowest BCUT2D eigenvalue weighted by Gasteiger charge is -2.26. The standard InChI is InChI=1S/C14H23O5P/c1-13(2,3)10-7-8-12(18-19-20(15,16)17)11(9-10)14(4,5)6/h7-9H,1-6H3,(H2,15,16,17). The lowest BCUT2D eigenvalue weighted by Crippen LogP contribution is -2.17. The molecule has 1 aromatic rings. The summed E-state index contributed by atoms with van der Waals surface area (Å²) in [6.07, 6.45) is 0. The lowest BCUT2D eigenvalue weighted by molar-refractivity contribution is -0.123. The van der Waals surface area contributed by atoms with Crippen LogP contribution in [0, 0.1) is 0 Å². The molecular weight excluding hydrogens is 279 g/mol. The normalized spacial score (nSPS) is 13.4. The van der Waals surface area contributed by atoms with Crippen molar-refractivity contribution in [3.05, 3.63) is 29.3 Å². The molecular formula is C14H23O5P. The molecule has 20 heavy (non-hydrogen) atoms. The van der Waals surface area contributed by atoms with Gasteiger partial charge in [-0.15, -0.1) is 0 Å². The first-order valence-electron chi connectivity index (χ1n) is 6.37. The van der Waals surface area contributed by atoms with E-state index in [1.165, 1.54) is 0 Å². The first kappa shape index (κ1) is 17.2. The van der Waals surface area contributed by atoms with Crippen molar-refractivity contribution in [1.82, 2.24) is 0 Å². The molecule has 0 saturated carbocycles. The first-order valence-corrected chi connectivity index (χ1v) is 7.90.